The van der Waals surface area contributed by atoms with Gasteiger partial charge in [-0.3, -0.25) is 0 Å². The number of furan rings is 1. The molecule has 0 atom stereocenters. The highest BCUT2D eigenvalue weighted by atomic mass is 35.5. The third-order valence-corrected chi connectivity index (χ3v) is 1.92. The van der Waals surface area contributed by atoms with Crippen molar-refractivity contribution in [2.24, 2.45) is 0 Å². The molecule has 0 saturated carbocycles. The molecular weight excluding hydrogens is 241 g/mol. The highest BCUT2D eigenvalue weighted by molar-refractivity contribution is 6.31. The molecule has 0 radical (unpaired) electrons. The average molecular weight is 246 g/mol. The van der Waals surface area contributed by atoms with Crippen LogP contribution in [0.4, 0.5) is 0 Å². The molecule has 5 nitrogen and oxygen atoms in total. The lowest BCUT2D eigenvalue weighted by Gasteiger charge is -2.03. The Labute approximate surface area is 95.0 Å². The molecule has 2 heterocycles. The maximum absolute atomic E-state index is 5.69. The zero-order valence-corrected chi connectivity index (χ0v) is 8.87. The maximum Gasteiger partial charge on any atom is 0.257 e. The Balaban J connectivity index is 2.07. The molecule has 0 aliphatic rings. The van der Waals surface area contributed by atoms with Gasteiger partial charge in [0.2, 0.25) is 10.4 Å². The fourth-order valence-corrected chi connectivity index (χ4v) is 1.16. The Morgan fingerprint density at radius 2 is 2.20 bits per heavy atom. The van der Waals surface area contributed by atoms with Crippen LogP contribution >= 0.6 is 23.2 Å². The lowest BCUT2D eigenvalue weighted by molar-refractivity contribution is 0.259. The van der Waals surface area contributed by atoms with Crippen molar-refractivity contribution in [1.82, 2.24) is 15.2 Å². The van der Waals surface area contributed by atoms with E-state index in [0.29, 0.717) is 5.76 Å². The number of hydrogen-bond acceptors (Lipinski definition) is 5. The van der Waals surface area contributed by atoms with E-state index in [9.17, 15) is 0 Å². The quantitative estimate of drug-likeness (QED) is 0.831. The minimum Gasteiger partial charge on any atom is -0.467 e. The van der Waals surface area contributed by atoms with Crippen LogP contribution in [-0.4, -0.2) is 15.2 Å². The molecule has 0 N–H and O–H groups in total. The van der Waals surface area contributed by atoms with Crippen LogP contribution in [-0.2, 0) is 6.61 Å². The number of aromatic nitrogens is 3. The highest BCUT2D eigenvalue weighted by Crippen LogP contribution is 2.20. The molecular formula is C8H5Cl2N3O2. The summed E-state index contributed by atoms with van der Waals surface area (Å²) in [5.74, 6) is 0.786. The van der Waals surface area contributed by atoms with Gasteiger partial charge >= 0.3 is 0 Å². The number of nitrogens with zero attached hydrogens (tertiary/aromatic N) is 3. The third-order valence-electron chi connectivity index (χ3n) is 1.52. The third kappa shape index (κ3) is 2.57. The van der Waals surface area contributed by atoms with E-state index >= 15 is 0 Å². The summed E-state index contributed by atoms with van der Waals surface area (Å²) in [6.45, 7) is 0.210. The molecule has 0 fully saturated rings. The van der Waals surface area contributed by atoms with Gasteiger partial charge in [0.1, 0.15) is 12.4 Å². The molecule has 0 amide bonds. The van der Waals surface area contributed by atoms with Crippen LogP contribution in [0.3, 0.4) is 0 Å². The predicted molar refractivity (Wildman–Crippen MR) is 52.9 cm³/mol. The predicted octanol–water partition coefficient (Wildman–Crippen LogP) is 2.35. The molecule has 2 rings (SSSR count). The summed E-state index contributed by atoms with van der Waals surface area (Å²) in [7, 11) is 0. The average Bonchev–Trinajstić information content (AvgIpc) is 2.72. The second kappa shape index (κ2) is 4.46. The Morgan fingerprint density at radius 1 is 1.33 bits per heavy atom. The Morgan fingerprint density at radius 3 is 2.93 bits per heavy atom. The van der Waals surface area contributed by atoms with Gasteiger partial charge in [-0.05, 0) is 23.7 Å². The van der Waals surface area contributed by atoms with E-state index in [2.05, 4.69) is 15.2 Å². The zero-order valence-electron chi connectivity index (χ0n) is 7.35. The summed E-state index contributed by atoms with van der Waals surface area (Å²) in [6.07, 6.45) is 1.55. The van der Waals surface area contributed by atoms with Crippen LogP contribution in [0.1, 0.15) is 5.76 Å². The van der Waals surface area contributed by atoms with E-state index in [-0.39, 0.29) is 22.9 Å². The second-order valence-electron chi connectivity index (χ2n) is 2.54. The minimum absolute atomic E-state index is 0.0196. The molecule has 15 heavy (non-hydrogen) atoms. The first-order chi connectivity index (χ1) is 7.25. The Kier molecular flexibility index (Phi) is 3.03. The van der Waals surface area contributed by atoms with Crippen LogP contribution in [0.15, 0.2) is 22.8 Å². The van der Waals surface area contributed by atoms with Gasteiger partial charge in [-0.25, -0.2) is 0 Å². The van der Waals surface area contributed by atoms with Gasteiger partial charge in [0, 0.05) is 0 Å². The molecule has 0 aromatic carbocycles. The molecule has 0 aliphatic heterocycles. The standard InChI is InChI=1S/C8H5Cl2N3O2/c9-6-7(11-8(10)13-12-6)15-4-5-2-1-3-14-5/h1-3H,4H2. The smallest absolute Gasteiger partial charge is 0.257 e. The molecule has 0 unspecified atom stereocenters. The van der Waals surface area contributed by atoms with Crippen molar-refractivity contribution in [3.05, 3.63) is 34.6 Å². The van der Waals surface area contributed by atoms with E-state index in [1.807, 2.05) is 0 Å². The molecule has 78 valence electrons. The van der Waals surface area contributed by atoms with Crippen molar-refractivity contribution in [2.45, 2.75) is 6.61 Å². The van der Waals surface area contributed by atoms with Crippen molar-refractivity contribution in [1.29, 1.82) is 0 Å². The molecule has 7 heteroatoms. The monoisotopic (exact) mass is 245 g/mol. The fraction of sp³-hybridized carbons (Fsp3) is 0.125. The molecule has 2 aromatic rings. The van der Waals surface area contributed by atoms with Gasteiger partial charge in [0.05, 0.1) is 6.26 Å². The van der Waals surface area contributed by atoms with Crippen LogP contribution < -0.4 is 4.74 Å². The first kappa shape index (κ1) is 10.2. The molecule has 2 aromatic heterocycles. The SMILES string of the molecule is Clc1nnc(Cl)c(OCc2ccco2)n1. The van der Waals surface area contributed by atoms with Crippen LogP contribution in [0.5, 0.6) is 5.88 Å². The summed E-state index contributed by atoms with van der Waals surface area (Å²) >= 11 is 11.2. The van der Waals surface area contributed by atoms with Gasteiger partial charge in [0.15, 0.2) is 0 Å². The summed E-state index contributed by atoms with van der Waals surface area (Å²) in [6, 6.07) is 3.52. The van der Waals surface area contributed by atoms with E-state index in [1.165, 1.54) is 0 Å². The largest absolute Gasteiger partial charge is 0.467 e. The topological polar surface area (TPSA) is 61.0 Å². The van der Waals surface area contributed by atoms with E-state index in [0.717, 1.165) is 0 Å². The summed E-state index contributed by atoms with van der Waals surface area (Å²) < 4.78 is 10.3. The molecule has 0 bridgehead atoms. The number of rotatable bonds is 3. The highest BCUT2D eigenvalue weighted by Gasteiger charge is 2.08. The summed E-state index contributed by atoms with van der Waals surface area (Å²) in [4.78, 5) is 3.77. The molecule has 0 aliphatic carbocycles. The number of ether oxygens (including phenoxy) is 1. The lowest BCUT2D eigenvalue weighted by atomic mass is 10.5. The van der Waals surface area contributed by atoms with Crippen molar-refractivity contribution >= 4 is 23.2 Å². The number of halogens is 2. The van der Waals surface area contributed by atoms with Crippen molar-refractivity contribution in [3.8, 4) is 5.88 Å². The van der Waals surface area contributed by atoms with Crippen molar-refractivity contribution in [2.75, 3.05) is 0 Å². The van der Waals surface area contributed by atoms with Gasteiger partial charge in [-0.1, -0.05) is 11.6 Å². The number of hydrogen-bond donors (Lipinski definition) is 0. The Hall–Kier alpha value is -1.33. The summed E-state index contributed by atoms with van der Waals surface area (Å²) in [5.41, 5.74) is 0. The lowest BCUT2D eigenvalue weighted by Crippen LogP contribution is -1.99. The summed E-state index contributed by atoms with van der Waals surface area (Å²) in [5, 5.41) is 7.04. The first-order valence-electron chi connectivity index (χ1n) is 3.96. The van der Waals surface area contributed by atoms with Gasteiger partial charge < -0.3 is 9.15 Å². The normalized spacial score (nSPS) is 10.3. The van der Waals surface area contributed by atoms with Gasteiger partial charge in [0.25, 0.3) is 5.88 Å². The van der Waals surface area contributed by atoms with E-state index < -0.39 is 0 Å². The van der Waals surface area contributed by atoms with Crippen molar-refractivity contribution in [3.63, 3.8) is 0 Å². The van der Waals surface area contributed by atoms with Gasteiger partial charge in [-0.15, -0.1) is 10.2 Å². The Bertz CT molecular complexity index is 447. The maximum atomic E-state index is 5.69. The van der Waals surface area contributed by atoms with E-state index in [1.54, 1.807) is 18.4 Å². The van der Waals surface area contributed by atoms with Crippen LogP contribution in [0.25, 0.3) is 0 Å². The van der Waals surface area contributed by atoms with Gasteiger partial charge in [-0.2, -0.15) is 4.98 Å². The first-order valence-corrected chi connectivity index (χ1v) is 4.72. The van der Waals surface area contributed by atoms with Crippen LogP contribution in [0.2, 0.25) is 10.4 Å². The van der Waals surface area contributed by atoms with E-state index in [4.69, 9.17) is 32.4 Å². The molecule has 0 saturated heterocycles. The minimum atomic E-state index is -0.0196. The van der Waals surface area contributed by atoms with Crippen LogP contribution in [0, 0.1) is 0 Å². The molecule has 0 spiro atoms. The zero-order chi connectivity index (χ0) is 10.7. The fourth-order valence-electron chi connectivity index (χ4n) is 0.906. The van der Waals surface area contributed by atoms with Crippen molar-refractivity contribution < 1.29 is 9.15 Å². The second-order valence-corrected chi connectivity index (χ2v) is 3.24.